The molecule has 0 atom stereocenters. The van der Waals surface area contributed by atoms with Crippen molar-refractivity contribution in [2.45, 2.75) is 12.6 Å². The van der Waals surface area contributed by atoms with Crippen LogP contribution in [-0.4, -0.2) is 34.6 Å². The Hall–Kier alpha value is -5.65. The van der Waals surface area contributed by atoms with Crippen LogP contribution in [0.1, 0.15) is 42.3 Å². The molecule has 2 N–H and O–H groups in total. The number of pyridine rings is 2. The lowest BCUT2D eigenvalue weighted by Crippen LogP contribution is -2.18. The number of rotatable bonds is 8. The number of Topliss-reactive ketones (excluding diaryl/α,β-unsaturated/α-hetero) is 1. The summed E-state index contributed by atoms with van der Waals surface area (Å²) in [5, 5.41) is 5.64. The summed E-state index contributed by atoms with van der Waals surface area (Å²) >= 11 is 0. The Bertz CT molecular complexity index is 1910. The van der Waals surface area contributed by atoms with Crippen molar-refractivity contribution >= 4 is 34.1 Å². The third-order valence-electron chi connectivity index (χ3n) is 6.61. The zero-order valence-corrected chi connectivity index (χ0v) is 22.9. The van der Waals surface area contributed by atoms with Crippen molar-refractivity contribution in [3.8, 4) is 11.5 Å². The molecule has 0 spiro atoms. The predicted octanol–water partition coefficient (Wildman–Crippen LogP) is 6.62. The number of carbonyl (C=O) groups is 3. The fourth-order valence-electron chi connectivity index (χ4n) is 4.54. The van der Waals surface area contributed by atoms with Crippen molar-refractivity contribution in [1.82, 2.24) is 15.3 Å². The largest absolute Gasteiger partial charge is 0.457 e. The first kappa shape index (κ1) is 29.8. The molecular formula is C32H22F4N4O4. The molecule has 0 saturated heterocycles. The number of nitrogens with one attached hydrogen (secondary N) is 2. The summed E-state index contributed by atoms with van der Waals surface area (Å²) in [4.78, 5) is 45.1. The molecule has 222 valence electrons. The Balaban J connectivity index is 1.41. The number of aromatic nitrogens is 2. The molecule has 0 radical (unpaired) electrons. The van der Waals surface area contributed by atoms with E-state index in [0.717, 1.165) is 24.4 Å². The van der Waals surface area contributed by atoms with E-state index >= 15 is 0 Å². The first-order chi connectivity index (χ1) is 21.0. The van der Waals surface area contributed by atoms with Crippen molar-refractivity contribution in [2.24, 2.45) is 0 Å². The van der Waals surface area contributed by atoms with Gasteiger partial charge in [-0.3, -0.25) is 19.4 Å². The summed E-state index contributed by atoms with van der Waals surface area (Å²) < 4.78 is 61.8. The molecule has 3 aromatic carbocycles. The Morgan fingerprint density at radius 3 is 2.32 bits per heavy atom. The van der Waals surface area contributed by atoms with Crippen LogP contribution >= 0.6 is 0 Å². The molecule has 0 aliphatic rings. The van der Waals surface area contributed by atoms with E-state index in [2.05, 4.69) is 20.6 Å². The van der Waals surface area contributed by atoms with E-state index in [1.807, 2.05) is 0 Å². The minimum atomic E-state index is -4.88. The molecule has 5 aromatic rings. The molecule has 0 bridgehead atoms. The van der Waals surface area contributed by atoms with Gasteiger partial charge in [0.15, 0.2) is 5.78 Å². The number of amides is 2. The topological polar surface area (TPSA) is 110 Å². The molecule has 2 heterocycles. The summed E-state index contributed by atoms with van der Waals surface area (Å²) in [6.07, 6.45) is -2.74. The highest BCUT2D eigenvalue weighted by molar-refractivity contribution is 6.10. The third-order valence-corrected chi connectivity index (χ3v) is 6.61. The molecule has 0 aliphatic heterocycles. The summed E-state index contributed by atoms with van der Waals surface area (Å²) in [5.74, 6) is -2.36. The Kier molecular flexibility index (Phi) is 8.34. The van der Waals surface area contributed by atoms with Gasteiger partial charge >= 0.3 is 6.18 Å². The van der Waals surface area contributed by atoms with E-state index in [4.69, 9.17) is 4.74 Å². The maximum atomic E-state index is 14.0. The van der Waals surface area contributed by atoms with Gasteiger partial charge in [-0.05, 0) is 47.3 Å². The van der Waals surface area contributed by atoms with E-state index < -0.39 is 46.5 Å². The molecule has 0 fully saturated rings. The van der Waals surface area contributed by atoms with Crippen molar-refractivity contribution in [3.05, 3.63) is 125 Å². The molecule has 0 aliphatic carbocycles. The van der Waals surface area contributed by atoms with Crippen molar-refractivity contribution in [2.75, 3.05) is 12.4 Å². The van der Waals surface area contributed by atoms with E-state index in [0.29, 0.717) is 22.3 Å². The van der Waals surface area contributed by atoms with Gasteiger partial charge in [0.2, 0.25) is 5.95 Å². The van der Waals surface area contributed by atoms with Crippen LogP contribution in [-0.2, 0) is 12.6 Å². The van der Waals surface area contributed by atoms with E-state index in [9.17, 15) is 31.9 Å². The quantitative estimate of drug-likeness (QED) is 0.117. The molecule has 12 heteroatoms. The van der Waals surface area contributed by atoms with Gasteiger partial charge in [0, 0.05) is 42.9 Å². The maximum absolute atomic E-state index is 14.0. The Morgan fingerprint density at radius 2 is 1.57 bits per heavy atom. The monoisotopic (exact) mass is 602 g/mol. The second-order valence-corrected chi connectivity index (χ2v) is 9.49. The van der Waals surface area contributed by atoms with Crippen LogP contribution in [0.15, 0.2) is 91.3 Å². The van der Waals surface area contributed by atoms with Gasteiger partial charge in [-0.1, -0.05) is 36.4 Å². The lowest BCUT2D eigenvalue weighted by molar-refractivity contribution is -0.137. The summed E-state index contributed by atoms with van der Waals surface area (Å²) in [5.41, 5.74) is -1.85. The third kappa shape index (κ3) is 6.38. The average Bonchev–Trinajstić information content (AvgIpc) is 3.01. The van der Waals surface area contributed by atoms with Crippen LogP contribution in [0.25, 0.3) is 10.8 Å². The van der Waals surface area contributed by atoms with Gasteiger partial charge < -0.3 is 15.4 Å². The van der Waals surface area contributed by atoms with Crippen LogP contribution in [0.5, 0.6) is 11.5 Å². The fourth-order valence-corrected chi connectivity index (χ4v) is 4.54. The highest BCUT2D eigenvalue weighted by Gasteiger charge is 2.34. The van der Waals surface area contributed by atoms with E-state index in [-0.39, 0.29) is 23.2 Å². The minimum Gasteiger partial charge on any atom is -0.457 e. The van der Waals surface area contributed by atoms with Gasteiger partial charge in [-0.25, -0.2) is 4.98 Å². The van der Waals surface area contributed by atoms with Crippen LogP contribution in [0, 0.1) is 5.95 Å². The zero-order valence-electron chi connectivity index (χ0n) is 22.9. The number of benzene rings is 3. The van der Waals surface area contributed by atoms with Crippen molar-refractivity contribution < 1.29 is 36.7 Å². The highest BCUT2D eigenvalue weighted by Crippen LogP contribution is 2.37. The molecular weight excluding hydrogens is 580 g/mol. The van der Waals surface area contributed by atoms with Crippen LogP contribution < -0.4 is 15.4 Å². The highest BCUT2D eigenvalue weighted by atomic mass is 19.4. The normalized spacial score (nSPS) is 11.2. The zero-order chi connectivity index (χ0) is 31.4. The number of hydrogen-bond acceptors (Lipinski definition) is 6. The molecule has 44 heavy (non-hydrogen) atoms. The van der Waals surface area contributed by atoms with Crippen molar-refractivity contribution in [1.29, 1.82) is 0 Å². The van der Waals surface area contributed by atoms with Gasteiger partial charge in [0.25, 0.3) is 11.8 Å². The molecule has 0 unspecified atom stereocenters. The van der Waals surface area contributed by atoms with E-state index in [1.165, 1.54) is 31.4 Å². The van der Waals surface area contributed by atoms with Gasteiger partial charge in [0.05, 0.1) is 16.8 Å². The number of nitrogens with zero attached hydrogens (tertiary/aromatic N) is 2. The second-order valence-electron chi connectivity index (χ2n) is 9.49. The Labute approximate surface area is 247 Å². The SMILES string of the molecule is CNC(=O)c1cc(Oc2cccc3c(C(=O)Cc4ccc(NC(=O)c5cccnc5F)c(C(F)(F)F)c4)cccc23)ccn1. The van der Waals surface area contributed by atoms with Gasteiger partial charge in [-0.15, -0.1) is 0 Å². The Morgan fingerprint density at radius 1 is 0.818 bits per heavy atom. The number of carbonyl (C=O) groups excluding carboxylic acids is 3. The number of anilines is 1. The number of hydrogen-bond donors (Lipinski definition) is 2. The molecule has 2 aromatic heterocycles. The number of alkyl halides is 3. The lowest BCUT2D eigenvalue weighted by Gasteiger charge is -2.16. The second kappa shape index (κ2) is 12.3. The molecule has 8 nitrogen and oxygen atoms in total. The number of ketones is 1. The lowest BCUT2D eigenvalue weighted by atomic mass is 9.96. The fraction of sp³-hybridized carbons (Fsp3) is 0.0938. The van der Waals surface area contributed by atoms with E-state index in [1.54, 1.807) is 42.5 Å². The molecule has 0 saturated carbocycles. The van der Waals surface area contributed by atoms with Gasteiger partial charge in [-0.2, -0.15) is 17.6 Å². The summed E-state index contributed by atoms with van der Waals surface area (Å²) in [6.45, 7) is 0. The standard InChI is InChI=1S/C32H22F4N4O4/c1-37-31(43)26-17-19(12-14-38-26)44-28-9-3-5-20-21(6-2-7-22(20)28)27(41)16-18-10-11-25(24(15-18)32(34,35)36)40-30(42)23-8-4-13-39-29(23)33/h2-15,17H,16H2,1H3,(H,37,43)(H,40,42). The average molecular weight is 603 g/mol. The number of fused-ring (bicyclic) bond motifs is 1. The summed E-state index contributed by atoms with van der Waals surface area (Å²) in [7, 11) is 1.48. The van der Waals surface area contributed by atoms with Crippen LogP contribution in [0.2, 0.25) is 0 Å². The molecule has 5 rings (SSSR count). The first-order valence-corrected chi connectivity index (χ1v) is 13.1. The minimum absolute atomic E-state index is 0.0517. The molecule has 2 amide bonds. The van der Waals surface area contributed by atoms with Gasteiger partial charge in [0.1, 0.15) is 17.2 Å². The summed E-state index contributed by atoms with van der Waals surface area (Å²) in [6, 6.07) is 18.4. The smallest absolute Gasteiger partial charge is 0.418 e. The predicted molar refractivity (Wildman–Crippen MR) is 153 cm³/mol. The van der Waals surface area contributed by atoms with Crippen molar-refractivity contribution in [3.63, 3.8) is 0 Å². The first-order valence-electron chi connectivity index (χ1n) is 13.1. The van der Waals surface area contributed by atoms with Crippen LogP contribution in [0.3, 0.4) is 0 Å². The maximum Gasteiger partial charge on any atom is 0.418 e. The number of ether oxygens (including phenoxy) is 1. The number of halogens is 4. The van der Waals surface area contributed by atoms with Crippen LogP contribution in [0.4, 0.5) is 23.2 Å².